The van der Waals surface area contributed by atoms with Crippen molar-refractivity contribution in [2.45, 2.75) is 0 Å². The first kappa shape index (κ1) is 15.9. The molecule has 0 aliphatic carbocycles. The summed E-state index contributed by atoms with van der Waals surface area (Å²) in [7, 11) is -4.97. The number of carbonyl (C=O) groups is 1. The lowest BCUT2D eigenvalue weighted by atomic mass is 10.3. The molecule has 1 aromatic carbocycles. The Bertz CT molecular complexity index is 761. The van der Waals surface area contributed by atoms with E-state index in [-0.39, 0.29) is 15.2 Å². The summed E-state index contributed by atoms with van der Waals surface area (Å²) in [5, 5.41) is 6.04. The van der Waals surface area contributed by atoms with Crippen molar-refractivity contribution in [1.29, 1.82) is 0 Å². The predicted octanol–water partition coefficient (Wildman–Crippen LogP) is 2.52. The summed E-state index contributed by atoms with van der Waals surface area (Å²) in [6.45, 7) is 0. The minimum Gasteiger partial charge on any atom is -0.319 e. The predicted molar refractivity (Wildman–Crippen MR) is 74.0 cm³/mol. The lowest BCUT2D eigenvalue weighted by Gasteiger charge is -2.06. The molecule has 0 saturated carbocycles. The summed E-state index contributed by atoms with van der Waals surface area (Å²) < 4.78 is 24.1. The molecule has 0 bridgehead atoms. The first-order chi connectivity index (χ1) is 9.68. The Labute approximate surface area is 127 Å². The van der Waals surface area contributed by atoms with E-state index in [2.05, 4.69) is 10.4 Å². The Kier molecular flexibility index (Phi) is 4.36. The van der Waals surface area contributed by atoms with Crippen LogP contribution in [0.25, 0.3) is 0 Å². The van der Waals surface area contributed by atoms with E-state index in [0.29, 0.717) is 11.1 Å². The molecule has 0 saturated heterocycles. The highest BCUT2D eigenvalue weighted by molar-refractivity contribution is 7.49. The minimum absolute atomic E-state index is 0.144. The summed E-state index contributed by atoms with van der Waals surface area (Å²) in [5.74, 6) is -2.22. The number of hydrogen-bond donors (Lipinski definition) is 3. The second kappa shape index (κ2) is 5.75. The van der Waals surface area contributed by atoms with Gasteiger partial charge in [0.15, 0.2) is 5.69 Å². The fourth-order valence-corrected chi connectivity index (χ4v) is 2.40. The van der Waals surface area contributed by atoms with Gasteiger partial charge in [-0.05, 0) is 18.2 Å². The van der Waals surface area contributed by atoms with E-state index in [1.807, 2.05) is 0 Å². The molecule has 2 aromatic rings. The molecule has 0 atom stereocenters. The molecular weight excluding hydrogens is 347 g/mol. The number of halogens is 3. The van der Waals surface area contributed by atoms with Crippen LogP contribution in [0.15, 0.2) is 24.3 Å². The van der Waals surface area contributed by atoms with Gasteiger partial charge in [-0.25, -0.2) is 4.57 Å². The maximum atomic E-state index is 13.3. The molecule has 3 N–H and O–H groups in total. The van der Waals surface area contributed by atoms with Crippen molar-refractivity contribution in [2.75, 3.05) is 5.32 Å². The van der Waals surface area contributed by atoms with Gasteiger partial charge in [0.25, 0.3) is 5.91 Å². The van der Waals surface area contributed by atoms with E-state index in [0.717, 1.165) is 0 Å². The van der Waals surface area contributed by atoms with E-state index >= 15 is 0 Å². The molecule has 1 amide bonds. The smallest absolute Gasteiger partial charge is 0.319 e. The van der Waals surface area contributed by atoms with Crippen molar-refractivity contribution in [3.8, 4) is 0 Å². The first-order valence-corrected chi connectivity index (χ1v) is 7.59. The zero-order chi connectivity index (χ0) is 15.8. The van der Waals surface area contributed by atoms with Gasteiger partial charge in [0.1, 0.15) is 0 Å². The van der Waals surface area contributed by atoms with E-state index < -0.39 is 25.3 Å². The van der Waals surface area contributed by atoms with Crippen LogP contribution < -0.4 is 5.32 Å². The Morgan fingerprint density at radius 1 is 1.33 bits per heavy atom. The third kappa shape index (κ3) is 3.61. The van der Waals surface area contributed by atoms with Crippen LogP contribution in [0.4, 0.5) is 10.1 Å². The van der Waals surface area contributed by atoms with Crippen molar-refractivity contribution < 1.29 is 23.5 Å². The molecule has 21 heavy (non-hydrogen) atoms. The third-order valence-electron chi connectivity index (χ3n) is 2.31. The SMILES string of the molecule is O=C(Nc1ccc(Cl)cc1Cl)c1cc(F)n(P(=O)(O)O)n1. The van der Waals surface area contributed by atoms with Gasteiger partial charge in [-0.1, -0.05) is 23.2 Å². The van der Waals surface area contributed by atoms with Crippen LogP contribution >= 0.6 is 30.9 Å². The molecule has 2 rings (SSSR count). The highest BCUT2D eigenvalue weighted by Crippen LogP contribution is 2.37. The summed E-state index contributed by atoms with van der Waals surface area (Å²) in [5.41, 5.74) is -0.320. The molecule has 1 aromatic heterocycles. The molecule has 0 spiro atoms. The second-order valence-corrected chi connectivity index (χ2v) is 6.08. The first-order valence-electron chi connectivity index (χ1n) is 5.27. The number of nitrogens with zero attached hydrogens (tertiary/aromatic N) is 2. The van der Waals surface area contributed by atoms with Crippen LogP contribution in [0.1, 0.15) is 10.5 Å². The van der Waals surface area contributed by atoms with Crippen molar-refractivity contribution in [1.82, 2.24) is 9.55 Å². The molecule has 11 heteroatoms. The summed E-state index contributed by atoms with van der Waals surface area (Å²) >= 11 is 11.5. The van der Waals surface area contributed by atoms with Crippen molar-refractivity contribution in [3.63, 3.8) is 0 Å². The third-order valence-corrected chi connectivity index (χ3v) is 3.63. The Morgan fingerprint density at radius 3 is 2.52 bits per heavy atom. The fraction of sp³-hybridized carbons (Fsp3) is 0. The molecule has 1 heterocycles. The summed E-state index contributed by atoms with van der Waals surface area (Å²) in [6, 6.07) is 4.86. The molecule has 0 fully saturated rings. The second-order valence-electron chi connectivity index (χ2n) is 3.83. The molecule has 7 nitrogen and oxygen atoms in total. The van der Waals surface area contributed by atoms with Crippen molar-refractivity contribution in [3.05, 3.63) is 46.0 Å². The van der Waals surface area contributed by atoms with Gasteiger partial charge in [0.2, 0.25) is 5.95 Å². The zero-order valence-corrected chi connectivity index (χ0v) is 12.4. The van der Waals surface area contributed by atoms with Gasteiger partial charge in [-0.15, -0.1) is 4.45 Å². The van der Waals surface area contributed by atoms with E-state index in [1.54, 1.807) is 0 Å². The minimum atomic E-state index is -4.97. The Hall–Kier alpha value is -1.44. The van der Waals surface area contributed by atoms with Crippen LogP contribution in [-0.4, -0.2) is 25.2 Å². The molecule has 0 radical (unpaired) electrons. The average molecular weight is 354 g/mol. The zero-order valence-electron chi connectivity index (χ0n) is 10.00. The number of rotatable bonds is 3. The number of anilines is 1. The number of nitrogens with one attached hydrogen (secondary N) is 1. The highest BCUT2D eigenvalue weighted by atomic mass is 35.5. The van der Waals surface area contributed by atoms with Crippen LogP contribution in [0, 0.1) is 5.95 Å². The maximum Gasteiger partial charge on any atom is 0.452 e. The molecule has 0 aliphatic heterocycles. The molecule has 0 unspecified atom stereocenters. The van der Waals surface area contributed by atoms with Crippen LogP contribution in [0.2, 0.25) is 10.0 Å². The van der Waals surface area contributed by atoms with Gasteiger partial charge in [0, 0.05) is 11.1 Å². The number of hydrogen-bond acceptors (Lipinski definition) is 3. The molecular formula is C10H7Cl2FN3O4P. The van der Waals surface area contributed by atoms with Crippen LogP contribution in [0.5, 0.6) is 0 Å². The monoisotopic (exact) mass is 353 g/mol. The van der Waals surface area contributed by atoms with E-state index in [1.165, 1.54) is 18.2 Å². The van der Waals surface area contributed by atoms with Gasteiger partial charge in [0.05, 0.1) is 10.7 Å². The van der Waals surface area contributed by atoms with E-state index in [9.17, 15) is 13.8 Å². The normalized spacial score (nSPS) is 11.5. The van der Waals surface area contributed by atoms with Gasteiger partial charge in [-0.2, -0.15) is 9.49 Å². The largest absolute Gasteiger partial charge is 0.452 e. The lowest BCUT2D eigenvalue weighted by molar-refractivity contribution is 0.102. The van der Waals surface area contributed by atoms with Gasteiger partial charge < -0.3 is 15.1 Å². The fourth-order valence-electron chi connectivity index (χ4n) is 1.42. The Morgan fingerprint density at radius 2 is 2.00 bits per heavy atom. The maximum absolute atomic E-state index is 13.3. The topological polar surface area (TPSA) is 104 Å². The van der Waals surface area contributed by atoms with Crippen LogP contribution in [0.3, 0.4) is 0 Å². The number of benzene rings is 1. The molecule has 0 aliphatic rings. The van der Waals surface area contributed by atoms with Crippen molar-refractivity contribution >= 4 is 42.5 Å². The number of aromatic nitrogens is 2. The summed E-state index contributed by atoms with van der Waals surface area (Å²) in [4.78, 5) is 29.5. The number of amides is 1. The number of carbonyl (C=O) groups excluding carboxylic acids is 1. The lowest BCUT2D eigenvalue weighted by Crippen LogP contribution is -2.13. The van der Waals surface area contributed by atoms with Gasteiger partial charge in [-0.3, -0.25) is 4.79 Å². The van der Waals surface area contributed by atoms with Crippen molar-refractivity contribution in [2.24, 2.45) is 0 Å². The average Bonchev–Trinajstić information content (AvgIpc) is 2.75. The van der Waals surface area contributed by atoms with Gasteiger partial charge >= 0.3 is 7.75 Å². The Balaban J connectivity index is 2.27. The van der Waals surface area contributed by atoms with Crippen LogP contribution in [-0.2, 0) is 4.57 Å². The summed E-state index contributed by atoms with van der Waals surface area (Å²) in [6.07, 6.45) is 0. The standard InChI is InChI=1S/C10H7Cl2FN3O4P/c11-5-1-2-7(6(12)3-5)14-10(17)8-4-9(13)16(15-8)21(18,19)20/h1-4H,(H,14,17)(H2,18,19,20). The molecule has 112 valence electrons. The quantitative estimate of drug-likeness (QED) is 0.735. The highest BCUT2D eigenvalue weighted by Gasteiger charge is 2.25. The van der Waals surface area contributed by atoms with E-state index in [4.69, 9.17) is 33.0 Å².